The molecule has 1 aliphatic rings. The predicted octanol–water partition coefficient (Wildman–Crippen LogP) is 3.47. The maximum Gasteiger partial charge on any atom is 0.312 e. The molecule has 0 N–H and O–H groups in total. The molecule has 0 spiro atoms. The number of aromatic nitrogens is 3. The van der Waals surface area contributed by atoms with Crippen molar-refractivity contribution in [2.45, 2.75) is 39.0 Å². The number of rotatable bonds is 3. The zero-order valence-corrected chi connectivity index (χ0v) is 13.8. The van der Waals surface area contributed by atoms with Gasteiger partial charge in [0.15, 0.2) is 5.15 Å². The fourth-order valence-electron chi connectivity index (χ4n) is 3.66. The second-order valence-electron chi connectivity index (χ2n) is 6.33. The van der Waals surface area contributed by atoms with Crippen LogP contribution in [0.1, 0.15) is 44.9 Å². The van der Waals surface area contributed by atoms with Crippen molar-refractivity contribution < 1.29 is 9.53 Å². The molecule has 0 aliphatic heterocycles. The standard InChI is InChI=1S/C16H20ClN3O2/c1-10(2)16(15(21)22-3)5-4-11(8-16)14-19-9-12-13(17)18-6-7-20(12)14/h6-7,9-11H,4-5,8H2,1-3H3. The van der Waals surface area contributed by atoms with E-state index in [1.54, 1.807) is 12.4 Å². The zero-order chi connectivity index (χ0) is 15.9. The van der Waals surface area contributed by atoms with Gasteiger partial charge < -0.3 is 4.74 Å². The fraction of sp³-hybridized carbons (Fsp3) is 0.562. The summed E-state index contributed by atoms with van der Waals surface area (Å²) in [5.41, 5.74) is 0.390. The molecular weight excluding hydrogens is 302 g/mol. The van der Waals surface area contributed by atoms with Crippen LogP contribution >= 0.6 is 11.6 Å². The zero-order valence-electron chi connectivity index (χ0n) is 13.0. The average molecular weight is 322 g/mol. The number of imidazole rings is 1. The molecular formula is C16H20ClN3O2. The topological polar surface area (TPSA) is 56.5 Å². The highest BCUT2D eigenvalue weighted by Gasteiger charge is 2.49. The Kier molecular flexibility index (Phi) is 3.85. The van der Waals surface area contributed by atoms with Crippen LogP contribution in [0, 0.1) is 11.3 Å². The third-order valence-corrected chi connectivity index (χ3v) is 5.34. The fourth-order valence-corrected chi connectivity index (χ4v) is 3.86. The molecule has 2 atom stereocenters. The van der Waals surface area contributed by atoms with Gasteiger partial charge in [0.25, 0.3) is 0 Å². The highest BCUT2D eigenvalue weighted by Crippen LogP contribution is 2.51. The molecule has 2 aromatic heterocycles. The second-order valence-corrected chi connectivity index (χ2v) is 6.69. The van der Waals surface area contributed by atoms with E-state index in [4.69, 9.17) is 16.3 Å². The van der Waals surface area contributed by atoms with Gasteiger partial charge in [-0.25, -0.2) is 9.97 Å². The highest BCUT2D eigenvalue weighted by atomic mass is 35.5. The summed E-state index contributed by atoms with van der Waals surface area (Å²) in [4.78, 5) is 20.9. The number of nitrogens with zero attached hydrogens (tertiary/aromatic N) is 3. The first-order valence-corrected chi connectivity index (χ1v) is 7.93. The Morgan fingerprint density at radius 1 is 1.50 bits per heavy atom. The average Bonchev–Trinajstić information content (AvgIpc) is 3.11. The van der Waals surface area contributed by atoms with Crippen LogP contribution in [-0.2, 0) is 9.53 Å². The van der Waals surface area contributed by atoms with Gasteiger partial charge in [0.1, 0.15) is 11.3 Å². The van der Waals surface area contributed by atoms with Crippen molar-refractivity contribution in [2.75, 3.05) is 7.11 Å². The summed E-state index contributed by atoms with van der Waals surface area (Å²) in [5, 5.41) is 0.447. The van der Waals surface area contributed by atoms with Crippen molar-refractivity contribution in [1.82, 2.24) is 14.4 Å². The molecule has 0 saturated heterocycles. The van der Waals surface area contributed by atoms with Gasteiger partial charge in [0.05, 0.1) is 18.7 Å². The number of ether oxygens (including phenoxy) is 1. The van der Waals surface area contributed by atoms with Crippen molar-refractivity contribution in [2.24, 2.45) is 11.3 Å². The van der Waals surface area contributed by atoms with Gasteiger partial charge in [0, 0.05) is 18.3 Å². The molecule has 6 heteroatoms. The second kappa shape index (κ2) is 5.54. The number of carbonyl (C=O) groups excluding carboxylic acids is 1. The summed E-state index contributed by atoms with van der Waals surface area (Å²) in [5.74, 6) is 1.31. The van der Waals surface area contributed by atoms with Gasteiger partial charge in [-0.05, 0) is 25.2 Å². The minimum atomic E-state index is -0.415. The lowest BCUT2D eigenvalue weighted by Gasteiger charge is -2.30. The molecule has 0 amide bonds. The van der Waals surface area contributed by atoms with Crippen LogP contribution in [0.25, 0.3) is 5.52 Å². The quantitative estimate of drug-likeness (QED) is 0.812. The number of halogens is 1. The third-order valence-electron chi connectivity index (χ3n) is 5.05. The van der Waals surface area contributed by atoms with Crippen molar-refractivity contribution in [3.63, 3.8) is 0 Å². The number of esters is 1. The van der Waals surface area contributed by atoms with Gasteiger partial charge in [-0.2, -0.15) is 0 Å². The van der Waals surface area contributed by atoms with Crippen LogP contribution in [0.15, 0.2) is 18.6 Å². The van der Waals surface area contributed by atoms with Gasteiger partial charge in [-0.3, -0.25) is 9.20 Å². The summed E-state index contributed by atoms with van der Waals surface area (Å²) in [6.07, 6.45) is 7.80. The van der Waals surface area contributed by atoms with E-state index in [1.807, 2.05) is 10.6 Å². The maximum absolute atomic E-state index is 12.3. The molecule has 2 heterocycles. The Morgan fingerprint density at radius 2 is 2.27 bits per heavy atom. The highest BCUT2D eigenvalue weighted by molar-refractivity contribution is 6.32. The Bertz CT molecular complexity index is 712. The Labute approximate surface area is 134 Å². The van der Waals surface area contributed by atoms with Crippen LogP contribution < -0.4 is 0 Å². The van der Waals surface area contributed by atoms with Crippen molar-refractivity contribution in [3.05, 3.63) is 29.6 Å². The monoisotopic (exact) mass is 321 g/mol. The van der Waals surface area contributed by atoms with E-state index in [0.29, 0.717) is 5.15 Å². The number of carbonyl (C=O) groups is 1. The van der Waals surface area contributed by atoms with Crippen LogP contribution in [0.2, 0.25) is 5.15 Å². The molecule has 3 rings (SSSR count). The summed E-state index contributed by atoms with van der Waals surface area (Å²) < 4.78 is 7.05. The first-order chi connectivity index (χ1) is 10.5. The van der Waals surface area contributed by atoms with Crippen LogP contribution in [0.4, 0.5) is 0 Å². The molecule has 1 saturated carbocycles. The number of methoxy groups -OCH3 is 1. The smallest absolute Gasteiger partial charge is 0.312 e. The number of hydrogen-bond donors (Lipinski definition) is 0. The molecule has 2 unspecified atom stereocenters. The van der Waals surface area contributed by atoms with Crippen molar-refractivity contribution in [1.29, 1.82) is 0 Å². The molecule has 2 aromatic rings. The van der Waals surface area contributed by atoms with Gasteiger partial charge >= 0.3 is 5.97 Å². The Morgan fingerprint density at radius 3 is 2.95 bits per heavy atom. The molecule has 0 aromatic carbocycles. The lowest BCUT2D eigenvalue weighted by molar-refractivity contribution is -0.155. The summed E-state index contributed by atoms with van der Waals surface area (Å²) >= 11 is 6.11. The van der Waals surface area contributed by atoms with Crippen LogP contribution in [-0.4, -0.2) is 27.4 Å². The van der Waals surface area contributed by atoms with Gasteiger partial charge in [-0.1, -0.05) is 25.4 Å². The molecule has 22 heavy (non-hydrogen) atoms. The van der Waals surface area contributed by atoms with Crippen LogP contribution in [0.5, 0.6) is 0 Å². The third kappa shape index (κ3) is 2.19. The SMILES string of the molecule is COC(=O)C1(C(C)C)CCC(c2ncc3c(Cl)nccn23)C1. The van der Waals surface area contributed by atoms with Crippen LogP contribution in [0.3, 0.4) is 0 Å². The predicted molar refractivity (Wildman–Crippen MR) is 83.9 cm³/mol. The maximum atomic E-state index is 12.3. The molecule has 1 aliphatic carbocycles. The lowest BCUT2D eigenvalue weighted by Crippen LogP contribution is -2.35. The summed E-state index contributed by atoms with van der Waals surface area (Å²) in [7, 11) is 1.47. The van der Waals surface area contributed by atoms with E-state index in [-0.39, 0.29) is 17.8 Å². The Balaban J connectivity index is 1.97. The van der Waals surface area contributed by atoms with Gasteiger partial charge in [-0.15, -0.1) is 0 Å². The molecule has 0 bridgehead atoms. The molecule has 1 fully saturated rings. The molecule has 5 nitrogen and oxygen atoms in total. The first-order valence-electron chi connectivity index (χ1n) is 7.55. The Hall–Kier alpha value is -1.62. The lowest BCUT2D eigenvalue weighted by atomic mass is 9.75. The van der Waals surface area contributed by atoms with Crippen molar-refractivity contribution in [3.8, 4) is 0 Å². The van der Waals surface area contributed by atoms with Gasteiger partial charge in [0.2, 0.25) is 0 Å². The molecule has 0 radical (unpaired) electrons. The number of fused-ring (bicyclic) bond motifs is 1. The number of hydrogen-bond acceptors (Lipinski definition) is 4. The van der Waals surface area contributed by atoms with E-state index >= 15 is 0 Å². The van der Waals surface area contributed by atoms with E-state index < -0.39 is 5.41 Å². The van der Waals surface area contributed by atoms with E-state index in [2.05, 4.69) is 23.8 Å². The van der Waals surface area contributed by atoms with Crippen molar-refractivity contribution >= 4 is 23.1 Å². The minimum absolute atomic E-state index is 0.106. The molecule has 118 valence electrons. The minimum Gasteiger partial charge on any atom is -0.469 e. The first kappa shape index (κ1) is 15.3. The van der Waals surface area contributed by atoms with E-state index in [0.717, 1.165) is 30.6 Å². The summed E-state index contributed by atoms with van der Waals surface area (Å²) in [6.45, 7) is 4.17. The van der Waals surface area contributed by atoms with E-state index in [9.17, 15) is 4.79 Å². The normalized spacial score (nSPS) is 25.0. The van der Waals surface area contributed by atoms with E-state index in [1.165, 1.54) is 7.11 Å². The largest absolute Gasteiger partial charge is 0.469 e. The summed E-state index contributed by atoms with van der Waals surface area (Å²) in [6, 6.07) is 0.